The van der Waals surface area contributed by atoms with Crippen molar-refractivity contribution in [2.24, 2.45) is 0 Å². The Labute approximate surface area is 114 Å². The number of carbonyl (C=O) groups is 2. The number of carbonyl (C=O) groups excluding carboxylic acids is 2. The van der Waals surface area contributed by atoms with Gasteiger partial charge in [0.25, 0.3) is 0 Å². The highest BCUT2D eigenvalue weighted by molar-refractivity contribution is 7.91. The molecule has 1 N–H and O–H groups in total. The molecule has 0 rings (SSSR count). The first-order valence-electron chi connectivity index (χ1n) is 5.74. The van der Waals surface area contributed by atoms with Crippen molar-refractivity contribution in [3.8, 4) is 0 Å². The molecule has 1 amide bonds. The first-order chi connectivity index (χ1) is 8.97. The van der Waals surface area contributed by atoms with Crippen LogP contribution < -0.4 is 10.4 Å². The fourth-order valence-electron chi connectivity index (χ4n) is 1.30. The summed E-state index contributed by atoms with van der Waals surface area (Å²) in [5.74, 6) is -4.85. The molecule has 0 aliphatic rings. The highest BCUT2D eigenvalue weighted by atomic mass is 32.2. The molecule has 1 atom stereocenters. The van der Waals surface area contributed by atoms with Gasteiger partial charge in [0, 0.05) is 0 Å². The van der Waals surface area contributed by atoms with Crippen molar-refractivity contribution < 1.29 is 36.3 Å². The Balaban J connectivity index is 4.67. The van der Waals surface area contributed by atoms with E-state index in [0.717, 1.165) is 0 Å². The van der Waals surface area contributed by atoms with Crippen LogP contribution in [0.4, 0.5) is 13.2 Å². The van der Waals surface area contributed by atoms with Crippen LogP contribution in [0.3, 0.4) is 0 Å². The van der Waals surface area contributed by atoms with Crippen LogP contribution in [-0.4, -0.2) is 44.0 Å². The largest absolute Gasteiger partial charge is 0.548 e. The predicted molar refractivity (Wildman–Crippen MR) is 61.2 cm³/mol. The maximum atomic E-state index is 11.9. The summed E-state index contributed by atoms with van der Waals surface area (Å²) < 4.78 is 58.8. The van der Waals surface area contributed by atoms with Crippen LogP contribution in [0, 0.1) is 0 Å². The molecule has 0 saturated carbocycles. The van der Waals surface area contributed by atoms with Gasteiger partial charge in [0.15, 0.2) is 9.84 Å². The Bertz CT molecular complexity index is 446. The van der Waals surface area contributed by atoms with Crippen LogP contribution >= 0.6 is 0 Å². The van der Waals surface area contributed by atoms with Crippen molar-refractivity contribution in [2.75, 3.05) is 11.5 Å². The maximum Gasteiger partial charge on any atom is 0.397 e. The topological polar surface area (TPSA) is 103 Å². The number of hydrogen-bond donors (Lipinski definition) is 1. The molecule has 0 unspecified atom stereocenters. The molecule has 0 spiro atoms. The summed E-state index contributed by atoms with van der Waals surface area (Å²) in [7, 11) is -3.79. The molecule has 0 aromatic rings. The summed E-state index contributed by atoms with van der Waals surface area (Å²) in [5, 5.41) is 12.2. The monoisotopic (exact) mass is 318 g/mol. The number of sulfone groups is 1. The van der Waals surface area contributed by atoms with E-state index in [1.165, 1.54) is 5.32 Å². The van der Waals surface area contributed by atoms with Gasteiger partial charge in [0.2, 0.25) is 5.91 Å². The molecule has 0 bridgehead atoms. The molecule has 0 aromatic carbocycles. The summed E-state index contributed by atoms with van der Waals surface area (Å²) in [6.07, 6.45) is -5.85. The highest BCUT2D eigenvalue weighted by Crippen LogP contribution is 2.19. The Kier molecular flexibility index (Phi) is 6.97. The van der Waals surface area contributed by atoms with Crippen LogP contribution in [0.1, 0.15) is 26.2 Å². The number of halogens is 3. The number of carboxylic acid groups (broad SMARTS) is 1. The highest BCUT2D eigenvalue weighted by Gasteiger charge is 2.32. The van der Waals surface area contributed by atoms with Crippen molar-refractivity contribution in [2.45, 2.75) is 38.4 Å². The van der Waals surface area contributed by atoms with Crippen LogP contribution in [0.2, 0.25) is 0 Å². The average molecular weight is 318 g/mol. The van der Waals surface area contributed by atoms with Crippen LogP contribution in [0.25, 0.3) is 0 Å². The third-order valence-corrected chi connectivity index (χ3v) is 3.96. The second-order valence-corrected chi connectivity index (χ2v) is 6.43. The number of amides is 1. The van der Waals surface area contributed by atoms with E-state index in [4.69, 9.17) is 0 Å². The average Bonchev–Trinajstić information content (AvgIpc) is 2.22. The zero-order valence-electron chi connectivity index (χ0n) is 10.7. The molecular formula is C10H15F3NO5S-. The first kappa shape index (κ1) is 18.7. The second-order valence-electron chi connectivity index (χ2n) is 4.20. The van der Waals surface area contributed by atoms with E-state index in [0.29, 0.717) is 12.8 Å². The molecule has 0 aliphatic heterocycles. The van der Waals surface area contributed by atoms with Crippen molar-refractivity contribution in [3.05, 3.63) is 0 Å². The van der Waals surface area contributed by atoms with Gasteiger partial charge >= 0.3 is 6.18 Å². The SMILES string of the molecule is CCCCS(=O)(=O)C[C@@H](NC(=O)CC(F)(F)F)C(=O)[O-]. The van der Waals surface area contributed by atoms with E-state index >= 15 is 0 Å². The molecule has 0 heterocycles. The lowest BCUT2D eigenvalue weighted by Crippen LogP contribution is -2.52. The van der Waals surface area contributed by atoms with Gasteiger partial charge in [-0.3, -0.25) is 4.79 Å². The summed E-state index contributed by atoms with van der Waals surface area (Å²) in [5.41, 5.74) is 0. The Morgan fingerprint density at radius 2 is 1.85 bits per heavy atom. The first-order valence-corrected chi connectivity index (χ1v) is 7.56. The zero-order chi connectivity index (χ0) is 16.0. The number of rotatable bonds is 8. The normalized spacial score (nSPS) is 13.8. The molecule has 118 valence electrons. The molecule has 0 aromatic heterocycles. The summed E-state index contributed by atoms with van der Waals surface area (Å²) in [6, 6.07) is -1.99. The Morgan fingerprint density at radius 1 is 1.30 bits per heavy atom. The van der Waals surface area contributed by atoms with Gasteiger partial charge in [-0.2, -0.15) is 13.2 Å². The van der Waals surface area contributed by atoms with E-state index in [-0.39, 0.29) is 5.75 Å². The number of aliphatic carboxylic acids is 1. The third kappa shape index (κ3) is 8.73. The lowest BCUT2D eigenvalue weighted by Gasteiger charge is -2.20. The second kappa shape index (κ2) is 7.46. The Hall–Kier alpha value is -1.32. The molecule has 10 heteroatoms. The van der Waals surface area contributed by atoms with Gasteiger partial charge in [0.1, 0.15) is 6.42 Å². The number of hydrogen-bond acceptors (Lipinski definition) is 5. The van der Waals surface area contributed by atoms with Crippen molar-refractivity contribution in [1.29, 1.82) is 0 Å². The summed E-state index contributed by atoms with van der Waals surface area (Å²) in [4.78, 5) is 21.6. The molecule has 0 radical (unpaired) electrons. The van der Waals surface area contributed by atoms with Gasteiger partial charge in [-0.15, -0.1) is 0 Å². The van der Waals surface area contributed by atoms with Crippen molar-refractivity contribution in [3.63, 3.8) is 0 Å². The van der Waals surface area contributed by atoms with Gasteiger partial charge in [-0.05, 0) is 6.42 Å². The molecule has 20 heavy (non-hydrogen) atoms. The fourth-order valence-corrected chi connectivity index (χ4v) is 2.92. The zero-order valence-corrected chi connectivity index (χ0v) is 11.5. The van der Waals surface area contributed by atoms with Gasteiger partial charge < -0.3 is 15.2 Å². The molecule has 0 saturated heterocycles. The number of unbranched alkanes of at least 4 members (excludes halogenated alkanes) is 1. The molecule has 0 aliphatic carbocycles. The number of alkyl halides is 3. The third-order valence-electron chi connectivity index (χ3n) is 2.21. The van der Waals surface area contributed by atoms with Gasteiger partial charge in [-0.25, -0.2) is 8.42 Å². The minimum absolute atomic E-state index is 0.290. The van der Waals surface area contributed by atoms with Crippen LogP contribution in [0.15, 0.2) is 0 Å². The Morgan fingerprint density at radius 3 is 2.25 bits per heavy atom. The van der Waals surface area contributed by atoms with Crippen LogP contribution in [-0.2, 0) is 19.4 Å². The molecule has 0 fully saturated rings. The maximum absolute atomic E-state index is 11.9. The van der Waals surface area contributed by atoms with E-state index in [2.05, 4.69) is 0 Å². The minimum atomic E-state index is -4.80. The fraction of sp³-hybridized carbons (Fsp3) is 0.800. The number of carboxylic acids is 1. The minimum Gasteiger partial charge on any atom is -0.548 e. The quantitative estimate of drug-likeness (QED) is 0.643. The summed E-state index contributed by atoms with van der Waals surface area (Å²) >= 11 is 0. The van der Waals surface area contributed by atoms with Gasteiger partial charge in [0.05, 0.1) is 23.5 Å². The molecular weight excluding hydrogens is 303 g/mol. The van der Waals surface area contributed by atoms with Crippen molar-refractivity contribution in [1.82, 2.24) is 5.32 Å². The molecule has 6 nitrogen and oxygen atoms in total. The smallest absolute Gasteiger partial charge is 0.397 e. The van der Waals surface area contributed by atoms with E-state index in [1.54, 1.807) is 6.92 Å². The van der Waals surface area contributed by atoms with E-state index in [9.17, 15) is 36.3 Å². The lowest BCUT2D eigenvalue weighted by molar-refractivity contribution is -0.307. The van der Waals surface area contributed by atoms with Crippen molar-refractivity contribution >= 4 is 21.7 Å². The van der Waals surface area contributed by atoms with E-state index < -0.39 is 46.1 Å². The summed E-state index contributed by atoms with van der Waals surface area (Å²) in [6.45, 7) is 1.72. The lowest BCUT2D eigenvalue weighted by atomic mass is 10.3. The standard InChI is InChI=1S/C10H16F3NO5S/c1-2-3-4-20(18,19)6-7(9(16)17)14-8(15)5-10(11,12)13/h7H,2-6H2,1H3,(H,14,15)(H,16,17)/p-1/t7-/m1/s1. The predicted octanol–water partition coefficient (Wildman–Crippen LogP) is -0.612. The number of nitrogens with one attached hydrogen (secondary N) is 1. The van der Waals surface area contributed by atoms with Gasteiger partial charge in [-0.1, -0.05) is 13.3 Å². The van der Waals surface area contributed by atoms with E-state index in [1.807, 2.05) is 0 Å². The van der Waals surface area contributed by atoms with Crippen LogP contribution in [0.5, 0.6) is 0 Å².